The summed E-state index contributed by atoms with van der Waals surface area (Å²) in [7, 11) is 5.15. The van der Waals surface area contributed by atoms with Gasteiger partial charge in [0.25, 0.3) is 0 Å². The third-order valence-electron chi connectivity index (χ3n) is 22.2. The number of imidazole rings is 1. The molecule has 0 aliphatic carbocycles. The van der Waals surface area contributed by atoms with Gasteiger partial charge in [0.15, 0.2) is 5.96 Å². The monoisotopic (exact) mass is 1810 g/mol. The minimum Gasteiger partial charge on any atom is -0.394 e. The Kier molecular flexibility index (Phi) is 38.3. The third kappa shape index (κ3) is 29.8. The van der Waals surface area contributed by atoms with E-state index in [1.807, 2.05) is 6.92 Å². The van der Waals surface area contributed by atoms with Crippen LogP contribution >= 0.6 is 11.8 Å². The number of hydrogen-bond donors (Lipinski definition) is 19. The second-order valence-corrected chi connectivity index (χ2v) is 33.7. The van der Waals surface area contributed by atoms with Crippen LogP contribution in [0.5, 0.6) is 0 Å². The first kappa shape index (κ1) is 101. The van der Waals surface area contributed by atoms with Crippen molar-refractivity contribution in [3.05, 3.63) is 126 Å². The number of nitrogens with zero attached hydrogens (tertiary/aromatic N) is 6. The number of hydrogen-bond acceptors (Lipinski definition) is 21. The van der Waals surface area contributed by atoms with Crippen molar-refractivity contribution in [2.75, 3.05) is 79.0 Å². The zero-order valence-electron chi connectivity index (χ0n) is 73.6. The van der Waals surface area contributed by atoms with Crippen LogP contribution in [0.25, 0.3) is 21.8 Å². The van der Waals surface area contributed by atoms with Crippen molar-refractivity contribution in [1.29, 1.82) is 5.41 Å². The van der Waals surface area contributed by atoms with E-state index in [0.29, 0.717) is 57.0 Å². The number of likely N-dealkylation sites (N-methyl/N-ethyl adjacent to an activating group) is 4. The normalized spacial score (nSPS) is 23.2. The Morgan fingerprint density at radius 1 is 0.550 bits per heavy atom. The number of amides is 17. The van der Waals surface area contributed by atoms with Gasteiger partial charge in [0.2, 0.25) is 100 Å². The molecule has 17 amide bonds. The number of nitrogens with one attached hydrogen (secondary N) is 15. The van der Waals surface area contributed by atoms with Gasteiger partial charge in [-0.1, -0.05) is 100 Å². The van der Waals surface area contributed by atoms with Gasteiger partial charge in [-0.05, 0) is 86.6 Å². The van der Waals surface area contributed by atoms with Gasteiger partial charge in [0, 0.05) is 119 Å². The van der Waals surface area contributed by atoms with Gasteiger partial charge < -0.3 is 120 Å². The molecule has 43 heteroatoms. The highest BCUT2D eigenvalue weighted by Crippen LogP contribution is 2.25. The summed E-state index contributed by atoms with van der Waals surface area (Å²) in [5.41, 5.74) is 19.9. The summed E-state index contributed by atoms with van der Waals surface area (Å²) in [5.74, 6) is -17.1. The Labute approximate surface area is 749 Å². The summed E-state index contributed by atoms with van der Waals surface area (Å²) in [4.78, 5) is 264. The molecule has 0 saturated carbocycles. The summed E-state index contributed by atoms with van der Waals surface area (Å²) in [6, 6.07) is 4.37. The topological polar surface area (TPSA) is 621 Å². The van der Waals surface area contributed by atoms with Gasteiger partial charge in [0.05, 0.1) is 44.7 Å². The molecule has 0 spiro atoms. The van der Waals surface area contributed by atoms with Crippen LogP contribution in [0.3, 0.4) is 0 Å². The minimum atomic E-state index is -1.84. The second kappa shape index (κ2) is 49.0. The second-order valence-electron chi connectivity index (χ2n) is 32.7. The van der Waals surface area contributed by atoms with Crippen LogP contribution in [-0.2, 0) is 107 Å². The molecule has 8 rings (SSSR count). The Hall–Kier alpha value is -13.5. The van der Waals surface area contributed by atoms with Gasteiger partial charge in [0.1, 0.15) is 72.5 Å². The first-order valence-electron chi connectivity index (χ1n) is 42.7. The summed E-state index contributed by atoms with van der Waals surface area (Å²) in [6.45, 7) is 3.50. The average molecular weight is 1810 g/mol. The lowest BCUT2D eigenvalue weighted by Gasteiger charge is -2.34. The molecule has 0 bridgehead atoms. The molecule has 3 aromatic heterocycles. The summed E-state index contributed by atoms with van der Waals surface area (Å²) in [6.07, 6.45) is 5.67. The van der Waals surface area contributed by atoms with Crippen LogP contribution in [0.2, 0.25) is 0 Å². The van der Waals surface area contributed by atoms with Crippen LogP contribution in [0, 0.1) is 11.3 Å². The highest BCUT2D eigenvalue weighted by molar-refractivity contribution is 8.00. The van der Waals surface area contributed by atoms with Crippen LogP contribution in [0.1, 0.15) is 114 Å². The summed E-state index contributed by atoms with van der Waals surface area (Å²) >= 11 is 0.795. The Balaban J connectivity index is 1.15. The molecule has 2 saturated heterocycles. The van der Waals surface area contributed by atoms with E-state index in [-0.39, 0.29) is 95.6 Å². The number of thioether (sulfide) groups is 1. The number of aliphatic hydroxyl groups is 1. The molecule has 2 fully saturated rings. The van der Waals surface area contributed by atoms with E-state index in [2.05, 4.69) is 78.4 Å². The minimum absolute atomic E-state index is 0.0114. The standard InChI is InChI=1S/C86H120N24O18S/c1-9-10-28-68-85(128)107(6)43-71(114)97-58(27-18-19-30-92-86(89)90)76(119)105-66(75(118)95-41-70(88)113)45-129-46-73(116)99-62(33-50-21-12-11-13-22-50)82(125)108(7)49(4)74(117)101-64(37-69(87)112)84(127)110-31-20-29-67(110)80(123)100-60(36-53-40-91-47-96-53)78(121)102-61(32-48(2)3)81(124)106(5)42-72(115)98-59(34-51-38-93-56-25-16-14-23-54(51)56)77(120)104-65(44-111)79(122)103-63(83(126)109(68)8)35-52-39-94-57-26-17-15-24-55(52)57/h11-17,21-26,38-40,47-49,58-68,93-94,111H,9-10,18-20,27-37,41-46H2,1-8H3,(H2,87,112)(H2,88,113)(H,91,96)(H,95,118)(H,97,114)(H,98,115)(H,99,116)(H,100,123)(H,101,117)(H,102,121)(H,103,122)(H,104,120)(H,105,119)(H4,89,90,92)/t49-,58-,59-,60-,61-,62-,63-,64-,65-,66-,67-,68-/m0/s1. The average Bonchev–Trinajstić information content (AvgIpc) is 1.62. The zero-order valence-corrected chi connectivity index (χ0v) is 74.4. The lowest BCUT2D eigenvalue weighted by atomic mass is 10.0. The molecule has 698 valence electrons. The largest absolute Gasteiger partial charge is 0.394 e. The van der Waals surface area contributed by atoms with Gasteiger partial charge in [-0.25, -0.2) is 4.98 Å². The molecule has 2 aliphatic rings. The SMILES string of the molecule is CCCC[C@H]1C(=O)N(C)CC(=O)N[C@@H](CCCCNC(=N)N)C(=O)N[C@H](C(=O)NCC(N)=O)CSCC(=O)N[C@@H](Cc2ccccc2)C(=O)N(C)[C@@H](C)C(=O)N[C@@H](CC(N)=O)C(=O)N2CCC[C@H]2C(=O)N[C@@H](Cc2cnc[nH]2)C(=O)N[C@@H](CC(C)C)C(=O)N(C)CC(=O)N[C@@H](Cc2c[nH]c3ccccc23)C(=O)N[C@@H](CO)C(=O)N[C@@H](Cc2c[nH]c3ccccc23)C(=O)N1C. The molecule has 22 N–H and O–H groups in total. The Morgan fingerprint density at radius 2 is 1.09 bits per heavy atom. The predicted molar refractivity (Wildman–Crippen MR) is 476 cm³/mol. The fourth-order valence-corrected chi connectivity index (χ4v) is 16.1. The van der Waals surface area contributed by atoms with Crippen molar-refractivity contribution in [3.8, 4) is 0 Å². The number of carbonyl (C=O) groups excluding carboxylic acids is 17. The number of aliphatic hydroxyl groups excluding tert-OH is 1. The molecular formula is C86H120N24O18S. The number of unbranched alkanes of at least 4 members (excludes halogenated alkanes) is 2. The number of carbonyl (C=O) groups is 17. The molecule has 12 atom stereocenters. The number of para-hydroxylation sites is 2. The van der Waals surface area contributed by atoms with Crippen molar-refractivity contribution in [2.45, 2.75) is 190 Å². The summed E-state index contributed by atoms with van der Waals surface area (Å²) in [5, 5.41) is 48.9. The van der Waals surface area contributed by atoms with Crippen molar-refractivity contribution in [2.24, 2.45) is 23.1 Å². The molecule has 0 radical (unpaired) electrons. The number of aromatic nitrogens is 4. The highest BCUT2D eigenvalue weighted by atomic mass is 32.2. The number of nitrogens with two attached hydrogens (primary N) is 3. The predicted octanol–water partition coefficient (Wildman–Crippen LogP) is -3.31. The number of primary amides is 2. The number of aromatic amines is 3. The lowest BCUT2D eigenvalue weighted by molar-refractivity contribution is -0.147. The molecule has 129 heavy (non-hydrogen) atoms. The fourth-order valence-electron chi connectivity index (χ4n) is 15.2. The Morgan fingerprint density at radius 3 is 1.69 bits per heavy atom. The Bertz CT molecular complexity index is 4970. The molecular weight excluding hydrogens is 1690 g/mol. The number of fused-ring (bicyclic) bond motifs is 3. The van der Waals surface area contributed by atoms with E-state index in [1.165, 1.54) is 47.6 Å². The van der Waals surface area contributed by atoms with E-state index in [4.69, 9.17) is 22.6 Å². The van der Waals surface area contributed by atoms with E-state index in [0.717, 1.165) is 36.3 Å². The molecule has 2 aliphatic heterocycles. The van der Waals surface area contributed by atoms with Crippen molar-refractivity contribution >= 4 is 140 Å². The molecule has 0 unspecified atom stereocenters. The van der Waals surface area contributed by atoms with Crippen LogP contribution in [0.4, 0.5) is 0 Å². The zero-order chi connectivity index (χ0) is 94.3. The molecule has 5 heterocycles. The van der Waals surface area contributed by atoms with Gasteiger partial charge in [-0.15, -0.1) is 11.8 Å². The van der Waals surface area contributed by atoms with Gasteiger partial charge >= 0.3 is 0 Å². The van der Waals surface area contributed by atoms with Gasteiger partial charge in [-0.3, -0.25) is 86.9 Å². The van der Waals surface area contributed by atoms with Crippen molar-refractivity contribution in [3.63, 3.8) is 0 Å². The fraction of sp³-hybridized carbons (Fsp3) is 0.500. The van der Waals surface area contributed by atoms with Crippen molar-refractivity contribution in [1.82, 2.24) is 103 Å². The van der Waals surface area contributed by atoms with E-state index < -0.39 is 217 Å². The van der Waals surface area contributed by atoms with Crippen molar-refractivity contribution < 1.29 is 86.6 Å². The summed E-state index contributed by atoms with van der Waals surface area (Å²) < 4.78 is 0. The van der Waals surface area contributed by atoms with E-state index in [1.54, 1.807) is 105 Å². The number of benzene rings is 3. The van der Waals surface area contributed by atoms with E-state index >= 15 is 9.59 Å². The molecule has 3 aromatic carbocycles. The number of H-pyrrole nitrogens is 3. The van der Waals surface area contributed by atoms with Crippen LogP contribution < -0.4 is 75.7 Å². The quantitative estimate of drug-likeness (QED) is 0.0160. The first-order chi connectivity index (χ1) is 61.4. The lowest BCUT2D eigenvalue weighted by Crippen LogP contribution is -2.60. The molecule has 6 aromatic rings. The highest BCUT2D eigenvalue weighted by Gasteiger charge is 2.43. The maximum Gasteiger partial charge on any atom is 0.246 e. The van der Waals surface area contributed by atoms with Crippen LogP contribution in [-0.4, -0.2) is 307 Å². The maximum absolute atomic E-state index is 15.5. The third-order valence-corrected chi connectivity index (χ3v) is 23.3. The molecule has 42 nitrogen and oxygen atoms in total. The number of guanidine groups is 1. The van der Waals surface area contributed by atoms with Crippen LogP contribution in [0.15, 0.2) is 104 Å². The van der Waals surface area contributed by atoms with E-state index in [9.17, 15) is 77.0 Å². The number of rotatable bonds is 24. The maximum atomic E-state index is 15.5. The smallest absolute Gasteiger partial charge is 0.246 e. The first-order valence-corrected chi connectivity index (χ1v) is 43.9. The van der Waals surface area contributed by atoms with Gasteiger partial charge in [-0.2, -0.15) is 0 Å².